The molecule has 0 amide bonds. The fraction of sp³-hybridized carbons (Fsp3) is 0.850. The lowest BCUT2D eigenvalue weighted by atomic mass is 9.48. The van der Waals surface area contributed by atoms with E-state index < -0.39 is 0 Å². The van der Waals surface area contributed by atoms with Crippen LogP contribution in [-0.4, -0.2) is 17.5 Å². The smallest absolute Gasteiger partial charge is 0.159 e. The largest absolute Gasteiger partial charge is 0.396 e. The normalized spacial score (nSPS) is 35.7. The van der Waals surface area contributed by atoms with Crippen molar-refractivity contribution < 1.29 is 9.90 Å². The van der Waals surface area contributed by atoms with Crippen molar-refractivity contribution in [3.63, 3.8) is 0 Å². The molecule has 126 valence electrons. The summed E-state index contributed by atoms with van der Waals surface area (Å²) in [7, 11) is 0. The number of aliphatic hydroxyl groups is 1. The van der Waals surface area contributed by atoms with Gasteiger partial charge in [0.25, 0.3) is 0 Å². The fourth-order valence-electron chi connectivity index (χ4n) is 5.49. The lowest BCUT2D eigenvalue weighted by Crippen LogP contribution is -2.52. The van der Waals surface area contributed by atoms with Gasteiger partial charge in [0.05, 0.1) is 0 Å². The van der Waals surface area contributed by atoms with Crippen LogP contribution in [0.25, 0.3) is 0 Å². The quantitative estimate of drug-likeness (QED) is 0.795. The second kappa shape index (κ2) is 6.47. The van der Waals surface area contributed by atoms with E-state index in [4.69, 9.17) is 5.11 Å². The van der Waals surface area contributed by atoms with Crippen molar-refractivity contribution in [2.24, 2.45) is 28.6 Å². The summed E-state index contributed by atoms with van der Waals surface area (Å²) in [6.45, 7) is 11.6. The molecule has 0 spiro atoms. The van der Waals surface area contributed by atoms with Crippen LogP contribution in [0.3, 0.4) is 0 Å². The molecule has 0 saturated heterocycles. The third-order valence-corrected chi connectivity index (χ3v) is 6.55. The van der Waals surface area contributed by atoms with E-state index in [2.05, 4.69) is 34.6 Å². The molecule has 0 unspecified atom stereocenters. The molecule has 2 heteroatoms. The van der Waals surface area contributed by atoms with Crippen LogP contribution in [0, 0.1) is 28.6 Å². The highest BCUT2D eigenvalue weighted by atomic mass is 16.3. The summed E-state index contributed by atoms with van der Waals surface area (Å²) in [4.78, 5) is 12.7. The third-order valence-electron chi connectivity index (χ3n) is 6.55. The molecule has 1 N–H and O–H groups in total. The van der Waals surface area contributed by atoms with Crippen molar-refractivity contribution in [1.29, 1.82) is 0 Å². The maximum absolute atomic E-state index is 12.7. The van der Waals surface area contributed by atoms with E-state index in [0.29, 0.717) is 17.6 Å². The van der Waals surface area contributed by atoms with Gasteiger partial charge in [0.15, 0.2) is 5.78 Å². The third kappa shape index (κ3) is 3.18. The first-order valence-corrected chi connectivity index (χ1v) is 9.05. The molecule has 1 fully saturated rings. The number of aliphatic hydroxyl groups excluding tert-OH is 1. The minimum atomic E-state index is 0.121. The van der Waals surface area contributed by atoms with Crippen molar-refractivity contribution >= 4 is 5.78 Å². The van der Waals surface area contributed by atoms with E-state index in [0.717, 1.165) is 19.3 Å². The molecule has 0 aromatic heterocycles. The Labute approximate surface area is 136 Å². The van der Waals surface area contributed by atoms with Crippen LogP contribution in [-0.2, 0) is 4.79 Å². The van der Waals surface area contributed by atoms with Gasteiger partial charge in [0.2, 0.25) is 0 Å². The number of carbonyl (C=O) groups excluding carboxylic acids is 1. The molecule has 2 nitrogen and oxygen atoms in total. The van der Waals surface area contributed by atoms with Crippen LogP contribution < -0.4 is 0 Å². The lowest BCUT2D eigenvalue weighted by Gasteiger charge is -2.55. The Kier molecular flexibility index (Phi) is 5.21. The molecule has 0 aliphatic heterocycles. The predicted octanol–water partition coefficient (Wildman–Crippen LogP) is 4.76. The van der Waals surface area contributed by atoms with Gasteiger partial charge in [-0.1, -0.05) is 46.1 Å². The number of rotatable bonds is 5. The number of hydrogen-bond acceptors (Lipinski definition) is 2. The van der Waals surface area contributed by atoms with E-state index in [1.54, 1.807) is 0 Å². The van der Waals surface area contributed by atoms with Crippen LogP contribution in [0.1, 0.15) is 73.1 Å². The second-order valence-corrected chi connectivity index (χ2v) is 8.82. The van der Waals surface area contributed by atoms with Crippen molar-refractivity contribution in [3.05, 3.63) is 11.6 Å². The highest BCUT2D eigenvalue weighted by Crippen LogP contribution is 2.59. The Hall–Kier alpha value is -0.630. The summed E-state index contributed by atoms with van der Waals surface area (Å²) in [6, 6.07) is 0. The van der Waals surface area contributed by atoms with Gasteiger partial charge in [0, 0.05) is 12.5 Å². The number of hydrogen-bond donors (Lipinski definition) is 1. The lowest BCUT2D eigenvalue weighted by molar-refractivity contribution is -0.136. The highest BCUT2D eigenvalue weighted by Gasteiger charge is 2.55. The summed E-state index contributed by atoms with van der Waals surface area (Å²) in [6.07, 6.45) is 8.72. The zero-order valence-corrected chi connectivity index (χ0v) is 15.1. The minimum Gasteiger partial charge on any atom is -0.396 e. The molecule has 1 saturated carbocycles. The van der Waals surface area contributed by atoms with Crippen molar-refractivity contribution in [3.8, 4) is 0 Å². The first-order chi connectivity index (χ1) is 10.2. The molecule has 4 atom stereocenters. The summed E-state index contributed by atoms with van der Waals surface area (Å²) >= 11 is 0. The molecule has 0 radical (unpaired) electrons. The fourth-order valence-corrected chi connectivity index (χ4v) is 5.49. The van der Waals surface area contributed by atoms with Crippen molar-refractivity contribution in [2.75, 3.05) is 6.61 Å². The zero-order valence-electron chi connectivity index (χ0n) is 15.1. The summed E-state index contributed by atoms with van der Waals surface area (Å²) in [5.74, 6) is 1.63. The number of carbonyl (C=O) groups is 1. The standard InChI is InChI=1S/C20H34O2/c1-14(9-12-21)7-8-16-15(2)13-17(22)18-19(3,4)10-6-11-20(16,18)5/h13-14,16,18,21H,6-12H2,1-5H3/t14-,16+,18-,20+/m0/s1. The van der Waals surface area contributed by atoms with Gasteiger partial charge in [-0.25, -0.2) is 0 Å². The molecule has 2 aliphatic carbocycles. The molecule has 2 rings (SSSR count). The minimum absolute atomic E-state index is 0.121. The van der Waals surface area contributed by atoms with Gasteiger partial charge in [-0.05, 0) is 61.3 Å². The summed E-state index contributed by atoms with van der Waals surface area (Å²) < 4.78 is 0. The van der Waals surface area contributed by atoms with E-state index in [1.807, 2.05) is 6.08 Å². The molecule has 2 aliphatic rings. The Bertz CT molecular complexity index is 449. The molecule has 0 bridgehead atoms. The topological polar surface area (TPSA) is 37.3 Å². The number of ketones is 1. The average Bonchev–Trinajstić information content (AvgIpc) is 2.36. The molecular weight excluding hydrogens is 272 g/mol. The molecule has 22 heavy (non-hydrogen) atoms. The maximum Gasteiger partial charge on any atom is 0.159 e. The Morgan fingerprint density at radius 3 is 2.59 bits per heavy atom. The first-order valence-electron chi connectivity index (χ1n) is 9.05. The SMILES string of the molecule is CC1=CC(=O)[C@H]2C(C)(C)CCC[C@]2(C)[C@@H]1CC[C@H](C)CCO. The first kappa shape index (κ1) is 17.7. The molecular formula is C20H34O2. The summed E-state index contributed by atoms with van der Waals surface area (Å²) in [5, 5.41) is 9.11. The van der Waals surface area contributed by atoms with E-state index in [1.165, 1.54) is 24.8 Å². The Morgan fingerprint density at radius 1 is 1.27 bits per heavy atom. The molecule has 0 aromatic carbocycles. The Balaban J connectivity index is 2.24. The van der Waals surface area contributed by atoms with E-state index in [-0.39, 0.29) is 23.4 Å². The Morgan fingerprint density at radius 2 is 1.95 bits per heavy atom. The monoisotopic (exact) mass is 306 g/mol. The van der Waals surface area contributed by atoms with Crippen molar-refractivity contribution in [2.45, 2.75) is 73.1 Å². The van der Waals surface area contributed by atoms with Gasteiger partial charge < -0.3 is 5.11 Å². The van der Waals surface area contributed by atoms with Gasteiger partial charge in [-0.15, -0.1) is 0 Å². The van der Waals surface area contributed by atoms with Crippen LogP contribution in [0.5, 0.6) is 0 Å². The van der Waals surface area contributed by atoms with Crippen LogP contribution in [0.15, 0.2) is 11.6 Å². The van der Waals surface area contributed by atoms with Crippen molar-refractivity contribution in [1.82, 2.24) is 0 Å². The van der Waals surface area contributed by atoms with Gasteiger partial charge >= 0.3 is 0 Å². The van der Waals surface area contributed by atoms with Gasteiger partial charge in [-0.2, -0.15) is 0 Å². The zero-order chi connectivity index (χ0) is 16.5. The maximum atomic E-state index is 12.7. The molecule has 0 aromatic rings. The predicted molar refractivity (Wildman–Crippen MR) is 91.6 cm³/mol. The second-order valence-electron chi connectivity index (χ2n) is 8.82. The van der Waals surface area contributed by atoms with E-state index >= 15 is 0 Å². The van der Waals surface area contributed by atoms with E-state index in [9.17, 15) is 4.79 Å². The van der Waals surface area contributed by atoms with Crippen LogP contribution >= 0.6 is 0 Å². The van der Waals surface area contributed by atoms with Crippen LogP contribution in [0.2, 0.25) is 0 Å². The average molecular weight is 306 g/mol. The number of allylic oxidation sites excluding steroid dienone is 2. The molecule has 0 heterocycles. The summed E-state index contributed by atoms with van der Waals surface area (Å²) in [5.41, 5.74) is 1.53. The van der Waals surface area contributed by atoms with Gasteiger partial charge in [0.1, 0.15) is 0 Å². The van der Waals surface area contributed by atoms with Crippen LogP contribution in [0.4, 0.5) is 0 Å². The number of fused-ring (bicyclic) bond motifs is 1. The highest BCUT2D eigenvalue weighted by molar-refractivity contribution is 5.94. The van der Waals surface area contributed by atoms with Gasteiger partial charge in [-0.3, -0.25) is 4.79 Å².